The Kier molecular flexibility index (Phi) is 7.34. The lowest BCUT2D eigenvalue weighted by Gasteiger charge is -2.17. The molecule has 114 valence electrons. The minimum absolute atomic E-state index is 0.476. The van der Waals surface area contributed by atoms with Crippen molar-refractivity contribution in [3.8, 4) is 11.5 Å². The van der Waals surface area contributed by atoms with Crippen molar-refractivity contribution < 1.29 is 9.47 Å². The Morgan fingerprint density at radius 3 is 2.50 bits per heavy atom. The molecule has 0 saturated heterocycles. The van der Waals surface area contributed by atoms with E-state index in [9.17, 15) is 0 Å². The fraction of sp³-hybridized carbons (Fsp3) is 0.600. The molecule has 0 heterocycles. The molecule has 1 N–H and O–H groups in total. The maximum atomic E-state index is 5.35. The second-order valence-electron chi connectivity index (χ2n) is 5.19. The van der Waals surface area contributed by atoms with Crippen LogP contribution in [0.2, 0.25) is 0 Å². The summed E-state index contributed by atoms with van der Waals surface area (Å²) < 4.78 is 11.6. The first kappa shape index (κ1) is 17.3. The number of halogens is 1. The van der Waals surface area contributed by atoms with Crippen molar-refractivity contribution in [2.24, 2.45) is 0 Å². The molecule has 1 aromatic rings. The van der Waals surface area contributed by atoms with E-state index >= 15 is 0 Å². The van der Waals surface area contributed by atoms with Crippen LogP contribution >= 0.6 is 15.9 Å². The monoisotopic (exact) mass is 344 g/mol. The van der Waals surface area contributed by atoms with Crippen LogP contribution in [-0.2, 0) is 6.54 Å². The van der Waals surface area contributed by atoms with Gasteiger partial charge in [-0.3, -0.25) is 0 Å². The van der Waals surface area contributed by atoms with Gasteiger partial charge in [-0.25, -0.2) is 0 Å². The fourth-order valence-corrected chi connectivity index (χ4v) is 2.57. The smallest absolute Gasteiger partial charge is 0.174 e. The van der Waals surface area contributed by atoms with Gasteiger partial charge in [0, 0.05) is 12.6 Å². The van der Waals surface area contributed by atoms with Crippen molar-refractivity contribution in [1.29, 1.82) is 0 Å². The SMILES string of the molecule is COc1cc(CNC(C)CCN(C)C)cc(Br)c1OC. The summed E-state index contributed by atoms with van der Waals surface area (Å²) in [5.74, 6) is 1.48. The number of benzene rings is 1. The van der Waals surface area contributed by atoms with Gasteiger partial charge in [-0.05, 0) is 67.6 Å². The van der Waals surface area contributed by atoms with Crippen molar-refractivity contribution >= 4 is 15.9 Å². The number of nitrogens with zero attached hydrogens (tertiary/aromatic N) is 1. The van der Waals surface area contributed by atoms with Crippen LogP contribution < -0.4 is 14.8 Å². The van der Waals surface area contributed by atoms with Crippen LogP contribution in [0, 0.1) is 0 Å². The highest BCUT2D eigenvalue weighted by atomic mass is 79.9. The first-order valence-corrected chi connectivity index (χ1v) is 7.55. The van der Waals surface area contributed by atoms with Crippen molar-refractivity contribution in [3.05, 3.63) is 22.2 Å². The summed E-state index contributed by atoms with van der Waals surface area (Å²) in [5, 5.41) is 3.53. The van der Waals surface area contributed by atoms with Gasteiger partial charge < -0.3 is 19.7 Å². The normalized spacial score (nSPS) is 12.6. The molecule has 0 radical (unpaired) electrons. The number of hydrogen-bond donors (Lipinski definition) is 1. The third-order valence-corrected chi connectivity index (χ3v) is 3.75. The molecule has 0 spiro atoms. The van der Waals surface area contributed by atoms with Gasteiger partial charge in [-0.2, -0.15) is 0 Å². The quantitative estimate of drug-likeness (QED) is 0.786. The maximum Gasteiger partial charge on any atom is 0.174 e. The highest BCUT2D eigenvalue weighted by Gasteiger charge is 2.11. The molecule has 1 rings (SSSR count). The lowest BCUT2D eigenvalue weighted by atomic mass is 10.1. The molecular formula is C15H25BrN2O2. The van der Waals surface area contributed by atoms with Crippen LogP contribution in [-0.4, -0.2) is 45.8 Å². The molecule has 0 aliphatic rings. The lowest BCUT2D eigenvalue weighted by molar-refractivity contribution is 0.351. The minimum Gasteiger partial charge on any atom is -0.493 e. The molecule has 1 aromatic carbocycles. The van der Waals surface area contributed by atoms with Gasteiger partial charge in [0.25, 0.3) is 0 Å². The minimum atomic E-state index is 0.476. The number of hydrogen-bond acceptors (Lipinski definition) is 4. The van der Waals surface area contributed by atoms with Crippen LogP contribution in [0.15, 0.2) is 16.6 Å². The lowest BCUT2D eigenvalue weighted by Crippen LogP contribution is -2.29. The average molecular weight is 345 g/mol. The van der Waals surface area contributed by atoms with Crippen LogP contribution in [0.4, 0.5) is 0 Å². The van der Waals surface area contributed by atoms with Gasteiger partial charge in [0.2, 0.25) is 0 Å². The summed E-state index contributed by atoms with van der Waals surface area (Å²) in [6.45, 7) is 4.11. The van der Waals surface area contributed by atoms with E-state index in [1.54, 1.807) is 14.2 Å². The van der Waals surface area contributed by atoms with Gasteiger partial charge in [0.15, 0.2) is 11.5 Å². The number of rotatable bonds is 8. The molecule has 20 heavy (non-hydrogen) atoms. The molecule has 0 aromatic heterocycles. The summed E-state index contributed by atoms with van der Waals surface area (Å²) in [7, 11) is 7.49. The zero-order valence-corrected chi connectivity index (χ0v) is 14.6. The third-order valence-electron chi connectivity index (χ3n) is 3.16. The van der Waals surface area contributed by atoms with Crippen molar-refractivity contribution in [1.82, 2.24) is 10.2 Å². The molecule has 1 atom stereocenters. The molecule has 0 aliphatic heterocycles. The Balaban J connectivity index is 2.62. The molecular weight excluding hydrogens is 320 g/mol. The zero-order valence-electron chi connectivity index (χ0n) is 13.0. The Labute approximate surface area is 130 Å². The maximum absolute atomic E-state index is 5.35. The summed E-state index contributed by atoms with van der Waals surface area (Å²) in [4.78, 5) is 2.20. The van der Waals surface area contributed by atoms with Gasteiger partial charge in [0.1, 0.15) is 0 Å². The number of nitrogens with one attached hydrogen (secondary N) is 1. The van der Waals surface area contributed by atoms with E-state index < -0.39 is 0 Å². The highest BCUT2D eigenvalue weighted by molar-refractivity contribution is 9.10. The molecule has 0 fully saturated rings. The van der Waals surface area contributed by atoms with E-state index in [1.165, 1.54) is 5.56 Å². The highest BCUT2D eigenvalue weighted by Crippen LogP contribution is 2.36. The average Bonchev–Trinajstić information content (AvgIpc) is 2.42. The fourth-order valence-electron chi connectivity index (χ4n) is 1.92. The van der Waals surface area contributed by atoms with E-state index in [2.05, 4.69) is 53.2 Å². The molecule has 5 heteroatoms. The molecule has 0 aliphatic carbocycles. The van der Waals surface area contributed by atoms with Crippen LogP contribution in [0.1, 0.15) is 18.9 Å². The molecule has 0 saturated carbocycles. The van der Waals surface area contributed by atoms with Crippen molar-refractivity contribution in [2.75, 3.05) is 34.9 Å². The predicted molar refractivity (Wildman–Crippen MR) is 86.7 cm³/mol. The summed E-state index contributed by atoms with van der Waals surface area (Å²) in [6, 6.07) is 4.55. The second-order valence-corrected chi connectivity index (χ2v) is 6.04. The number of ether oxygens (including phenoxy) is 2. The Bertz CT molecular complexity index is 425. The van der Waals surface area contributed by atoms with Gasteiger partial charge in [-0.1, -0.05) is 0 Å². The Morgan fingerprint density at radius 2 is 1.95 bits per heavy atom. The van der Waals surface area contributed by atoms with Gasteiger partial charge >= 0.3 is 0 Å². The van der Waals surface area contributed by atoms with Crippen molar-refractivity contribution in [3.63, 3.8) is 0 Å². The Morgan fingerprint density at radius 1 is 1.25 bits per heavy atom. The topological polar surface area (TPSA) is 33.7 Å². The summed E-state index contributed by atoms with van der Waals surface area (Å²) in [5.41, 5.74) is 1.17. The largest absolute Gasteiger partial charge is 0.493 e. The summed E-state index contributed by atoms with van der Waals surface area (Å²) >= 11 is 3.52. The zero-order chi connectivity index (χ0) is 15.1. The van der Waals surface area contributed by atoms with E-state index in [0.717, 1.165) is 35.5 Å². The predicted octanol–water partition coefficient (Wildman–Crippen LogP) is 2.90. The molecule has 1 unspecified atom stereocenters. The van der Waals surface area contributed by atoms with E-state index in [-0.39, 0.29) is 0 Å². The molecule has 0 amide bonds. The Hall–Kier alpha value is -0.780. The van der Waals surface area contributed by atoms with Crippen LogP contribution in [0.3, 0.4) is 0 Å². The van der Waals surface area contributed by atoms with E-state index in [1.807, 2.05) is 6.07 Å². The summed E-state index contributed by atoms with van der Waals surface area (Å²) in [6.07, 6.45) is 1.13. The first-order chi connectivity index (χ1) is 9.47. The van der Waals surface area contributed by atoms with E-state index in [4.69, 9.17) is 9.47 Å². The van der Waals surface area contributed by atoms with Gasteiger partial charge in [-0.15, -0.1) is 0 Å². The molecule has 4 nitrogen and oxygen atoms in total. The standard InChI is InChI=1S/C15H25BrN2O2/c1-11(6-7-18(2)3)17-10-12-8-13(16)15(20-5)14(9-12)19-4/h8-9,11,17H,6-7,10H2,1-5H3. The second kappa shape index (κ2) is 8.49. The van der Waals surface area contributed by atoms with Gasteiger partial charge in [0.05, 0.1) is 18.7 Å². The first-order valence-electron chi connectivity index (χ1n) is 6.76. The van der Waals surface area contributed by atoms with Crippen molar-refractivity contribution in [2.45, 2.75) is 25.9 Å². The van der Waals surface area contributed by atoms with E-state index in [0.29, 0.717) is 6.04 Å². The molecule has 0 bridgehead atoms. The third kappa shape index (κ3) is 5.31. The van der Waals surface area contributed by atoms with Crippen LogP contribution in [0.5, 0.6) is 11.5 Å². The van der Waals surface area contributed by atoms with Crippen LogP contribution in [0.25, 0.3) is 0 Å². The number of methoxy groups -OCH3 is 2.